The molecule has 0 fully saturated rings. The van der Waals surface area contributed by atoms with Crippen LogP contribution in [-0.2, 0) is 5.88 Å². The SMILES string of the molecule is ClCc1nc2cnccc2[n-]1. The molecule has 2 rings (SSSR count). The van der Waals surface area contributed by atoms with Crippen molar-refractivity contribution in [1.82, 2.24) is 15.0 Å². The van der Waals surface area contributed by atoms with Crippen molar-refractivity contribution >= 4 is 22.6 Å². The summed E-state index contributed by atoms with van der Waals surface area (Å²) < 4.78 is 0. The molecular weight excluding hydrogens is 162 g/mol. The van der Waals surface area contributed by atoms with Gasteiger partial charge in [0, 0.05) is 18.3 Å². The molecule has 0 saturated heterocycles. The van der Waals surface area contributed by atoms with Gasteiger partial charge in [0.2, 0.25) is 0 Å². The fourth-order valence-electron chi connectivity index (χ4n) is 0.922. The molecule has 0 aliphatic carbocycles. The molecule has 4 heteroatoms. The smallest absolute Gasteiger partial charge is 0.0398 e. The second-order valence-corrected chi connectivity index (χ2v) is 2.41. The number of fused-ring (bicyclic) bond motifs is 1. The van der Waals surface area contributed by atoms with Gasteiger partial charge in [0.15, 0.2) is 0 Å². The Morgan fingerprint density at radius 2 is 2.45 bits per heavy atom. The molecule has 0 bridgehead atoms. The standard InChI is InChI=1S/C7H5ClN3/c8-3-7-10-5-1-2-9-4-6(5)11-7/h1-2,4H,3H2/q-1. The van der Waals surface area contributed by atoms with Crippen molar-refractivity contribution in [2.45, 2.75) is 5.88 Å². The quantitative estimate of drug-likeness (QED) is 0.600. The Kier molecular flexibility index (Phi) is 1.51. The van der Waals surface area contributed by atoms with Crippen LogP contribution in [-0.4, -0.2) is 9.97 Å². The first-order valence-corrected chi connectivity index (χ1v) is 3.73. The van der Waals surface area contributed by atoms with Gasteiger partial charge in [-0.05, 0) is 17.1 Å². The summed E-state index contributed by atoms with van der Waals surface area (Å²) in [6, 6.07) is 1.82. The van der Waals surface area contributed by atoms with Gasteiger partial charge in [-0.1, -0.05) is 5.82 Å². The average Bonchev–Trinajstić information content (AvgIpc) is 2.46. The second-order valence-electron chi connectivity index (χ2n) is 2.14. The lowest BCUT2D eigenvalue weighted by Gasteiger charge is -1.91. The van der Waals surface area contributed by atoms with Crippen LogP contribution in [0.5, 0.6) is 0 Å². The van der Waals surface area contributed by atoms with E-state index in [4.69, 9.17) is 11.6 Å². The summed E-state index contributed by atoms with van der Waals surface area (Å²) >= 11 is 5.55. The van der Waals surface area contributed by atoms with Crippen LogP contribution < -0.4 is 4.98 Å². The molecule has 0 amide bonds. The summed E-state index contributed by atoms with van der Waals surface area (Å²) in [6.45, 7) is 0. The van der Waals surface area contributed by atoms with Crippen molar-refractivity contribution < 1.29 is 0 Å². The van der Waals surface area contributed by atoms with Gasteiger partial charge in [0.1, 0.15) is 0 Å². The van der Waals surface area contributed by atoms with Gasteiger partial charge in [0.25, 0.3) is 0 Å². The lowest BCUT2D eigenvalue weighted by Crippen LogP contribution is -1.80. The highest BCUT2D eigenvalue weighted by molar-refractivity contribution is 6.16. The summed E-state index contributed by atoms with van der Waals surface area (Å²) in [5.74, 6) is 1.02. The maximum Gasteiger partial charge on any atom is 0.0398 e. The van der Waals surface area contributed by atoms with Crippen molar-refractivity contribution in [2.75, 3.05) is 0 Å². The Morgan fingerprint density at radius 1 is 1.55 bits per heavy atom. The average molecular weight is 167 g/mol. The molecule has 0 aromatic carbocycles. The van der Waals surface area contributed by atoms with E-state index in [1.165, 1.54) is 0 Å². The molecule has 0 radical (unpaired) electrons. The molecule has 56 valence electrons. The minimum Gasteiger partial charge on any atom is -0.438 e. The van der Waals surface area contributed by atoms with Crippen LogP contribution in [0.4, 0.5) is 0 Å². The number of pyridine rings is 1. The lowest BCUT2D eigenvalue weighted by molar-refractivity contribution is 1.12. The van der Waals surface area contributed by atoms with E-state index in [0.717, 1.165) is 11.0 Å². The van der Waals surface area contributed by atoms with Crippen molar-refractivity contribution in [1.29, 1.82) is 0 Å². The maximum atomic E-state index is 5.55. The predicted octanol–water partition coefficient (Wildman–Crippen LogP) is 1.33. The fourth-order valence-corrected chi connectivity index (χ4v) is 1.04. The largest absolute Gasteiger partial charge is 0.438 e. The summed E-state index contributed by atoms with van der Waals surface area (Å²) in [7, 11) is 0. The highest BCUT2D eigenvalue weighted by Gasteiger charge is 1.87. The molecule has 2 aromatic rings. The summed E-state index contributed by atoms with van der Waals surface area (Å²) in [4.78, 5) is 12.2. The first-order valence-electron chi connectivity index (χ1n) is 3.19. The molecule has 0 unspecified atom stereocenters. The van der Waals surface area contributed by atoms with Crippen LogP contribution in [0.15, 0.2) is 18.5 Å². The van der Waals surface area contributed by atoms with E-state index in [0.29, 0.717) is 11.7 Å². The Morgan fingerprint density at radius 3 is 3.18 bits per heavy atom. The number of nitrogens with zero attached hydrogens (tertiary/aromatic N) is 3. The van der Waals surface area contributed by atoms with Crippen LogP contribution in [0.1, 0.15) is 5.82 Å². The highest BCUT2D eigenvalue weighted by Crippen LogP contribution is 2.08. The van der Waals surface area contributed by atoms with E-state index in [1.807, 2.05) is 6.07 Å². The van der Waals surface area contributed by atoms with Crippen molar-refractivity contribution in [3.63, 3.8) is 0 Å². The molecule has 0 aliphatic heterocycles. The van der Waals surface area contributed by atoms with Crippen LogP contribution in [0, 0.1) is 0 Å². The third-order valence-electron chi connectivity index (χ3n) is 1.40. The monoisotopic (exact) mass is 166 g/mol. The zero-order chi connectivity index (χ0) is 7.68. The van der Waals surface area contributed by atoms with E-state index in [2.05, 4.69) is 15.0 Å². The lowest BCUT2D eigenvalue weighted by atomic mass is 10.4. The van der Waals surface area contributed by atoms with E-state index < -0.39 is 0 Å². The number of halogens is 1. The minimum absolute atomic E-state index is 0.356. The van der Waals surface area contributed by atoms with Crippen molar-refractivity contribution in [3.8, 4) is 0 Å². The van der Waals surface area contributed by atoms with Crippen molar-refractivity contribution in [3.05, 3.63) is 24.3 Å². The van der Waals surface area contributed by atoms with Gasteiger partial charge < -0.3 is 9.97 Å². The van der Waals surface area contributed by atoms with Gasteiger partial charge in [-0.25, -0.2) is 0 Å². The van der Waals surface area contributed by atoms with Crippen LogP contribution in [0.2, 0.25) is 0 Å². The molecule has 0 aliphatic rings. The van der Waals surface area contributed by atoms with Crippen LogP contribution in [0.25, 0.3) is 11.0 Å². The molecule has 11 heavy (non-hydrogen) atoms. The van der Waals surface area contributed by atoms with Crippen LogP contribution in [0.3, 0.4) is 0 Å². The van der Waals surface area contributed by atoms with Gasteiger partial charge >= 0.3 is 0 Å². The summed E-state index contributed by atoms with van der Waals surface area (Å²) in [5.41, 5.74) is 1.67. The molecule has 0 saturated carbocycles. The number of alkyl halides is 1. The number of rotatable bonds is 1. The molecule has 0 atom stereocenters. The third kappa shape index (κ3) is 1.07. The summed E-state index contributed by atoms with van der Waals surface area (Å²) in [6.07, 6.45) is 3.37. The Bertz CT molecular complexity index is 335. The van der Waals surface area contributed by atoms with E-state index in [9.17, 15) is 0 Å². The first kappa shape index (κ1) is 6.61. The molecule has 3 nitrogen and oxygen atoms in total. The number of imidazole rings is 1. The van der Waals surface area contributed by atoms with E-state index in [-0.39, 0.29) is 0 Å². The zero-order valence-electron chi connectivity index (χ0n) is 5.66. The topological polar surface area (TPSA) is 39.9 Å². The van der Waals surface area contributed by atoms with E-state index in [1.54, 1.807) is 12.4 Å². The molecule has 0 N–H and O–H groups in total. The minimum atomic E-state index is 0.356. The molecule has 2 heterocycles. The molecular formula is C7H5ClN3-. The normalized spacial score (nSPS) is 10.6. The summed E-state index contributed by atoms with van der Waals surface area (Å²) in [5, 5.41) is 0. The third-order valence-corrected chi connectivity index (χ3v) is 1.64. The zero-order valence-corrected chi connectivity index (χ0v) is 6.41. The molecule has 0 spiro atoms. The van der Waals surface area contributed by atoms with Gasteiger partial charge in [0.05, 0.1) is 0 Å². The Balaban J connectivity index is 2.69. The predicted molar refractivity (Wildman–Crippen MR) is 42.4 cm³/mol. The Hall–Kier alpha value is -1.09. The van der Waals surface area contributed by atoms with E-state index >= 15 is 0 Å². The fraction of sp³-hybridized carbons (Fsp3) is 0.143. The first-order chi connectivity index (χ1) is 5.40. The van der Waals surface area contributed by atoms with Crippen molar-refractivity contribution in [2.24, 2.45) is 0 Å². The van der Waals surface area contributed by atoms with Gasteiger partial charge in [-0.2, -0.15) is 0 Å². The van der Waals surface area contributed by atoms with Crippen LogP contribution >= 0.6 is 11.6 Å². The maximum absolute atomic E-state index is 5.55. The number of hydrogen-bond donors (Lipinski definition) is 0. The van der Waals surface area contributed by atoms with Gasteiger partial charge in [-0.15, -0.1) is 11.6 Å². The Labute approximate surface area is 68.4 Å². The van der Waals surface area contributed by atoms with Gasteiger partial charge in [-0.3, -0.25) is 4.98 Å². The number of hydrogen-bond acceptors (Lipinski definition) is 2. The number of aromatic nitrogens is 3. The molecule has 2 aromatic heterocycles. The highest BCUT2D eigenvalue weighted by atomic mass is 35.5. The second kappa shape index (κ2) is 2.51.